The van der Waals surface area contributed by atoms with Gasteiger partial charge in [0.2, 0.25) is 0 Å². The van der Waals surface area contributed by atoms with Crippen LogP contribution in [0, 0.1) is 17.3 Å². The normalized spacial score (nSPS) is 39.8. The zero-order valence-corrected chi connectivity index (χ0v) is 31.3. The smallest absolute Gasteiger partial charge is 0.340 e. The lowest BCUT2D eigenvalue weighted by Crippen LogP contribution is -2.89. The molecule has 2 aliphatic heterocycles. The van der Waals surface area contributed by atoms with Crippen LogP contribution in [0.5, 0.6) is 0 Å². The van der Waals surface area contributed by atoms with E-state index in [9.17, 15) is 43.8 Å². The fourth-order valence-electron chi connectivity index (χ4n) is 9.01. The first-order valence-electron chi connectivity index (χ1n) is 17.3. The number of pyridine rings is 1. The highest BCUT2D eigenvalue weighted by atomic mass is 16.7. The Kier molecular flexibility index (Phi) is 10.6. The molecule has 1 aromatic rings. The molecule has 2 saturated carbocycles. The molecule has 2 aliphatic carbocycles. The van der Waals surface area contributed by atoms with E-state index >= 15 is 0 Å². The summed E-state index contributed by atoms with van der Waals surface area (Å²) in [5.74, 6) is -10.3. The molecule has 2 N–H and O–H groups in total. The topological polar surface area (TPSA) is 247 Å². The number of cyclic esters (lactones) is 1. The predicted molar refractivity (Wildman–Crippen MR) is 176 cm³/mol. The van der Waals surface area contributed by atoms with Gasteiger partial charge in [0.15, 0.2) is 24.4 Å². The van der Waals surface area contributed by atoms with Crippen molar-refractivity contribution in [3.63, 3.8) is 0 Å². The number of aromatic nitrogens is 1. The lowest BCUT2D eigenvalue weighted by molar-refractivity contribution is -0.386. The summed E-state index contributed by atoms with van der Waals surface area (Å²) in [7, 11) is 0. The quantitative estimate of drug-likeness (QED) is 0.295. The van der Waals surface area contributed by atoms with Crippen LogP contribution in [-0.4, -0.2) is 124 Å². The summed E-state index contributed by atoms with van der Waals surface area (Å²) in [5.41, 5.74) is -9.74. The number of rotatable bonds is 6. The number of nitrogens with zero attached hydrogens (tertiary/aromatic N) is 1. The highest BCUT2D eigenvalue weighted by Gasteiger charge is 2.90. The first kappa shape index (κ1) is 40.5. The van der Waals surface area contributed by atoms with E-state index in [1.54, 1.807) is 6.92 Å². The zero-order valence-electron chi connectivity index (χ0n) is 31.3. The molecule has 1 spiro atoms. The molecular formula is C36H45NO17. The van der Waals surface area contributed by atoms with Gasteiger partial charge in [-0.3, -0.25) is 33.8 Å². The van der Waals surface area contributed by atoms with Gasteiger partial charge in [-0.2, -0.15) is 0 Å². The highest BCUT2D eigenvalue weighted by molar-refractivity contribution is 5.91. The highest BCUT2D eigenvalue weighted by Crippen LogP contribution is 2.69. The maximum absolute atomic E-state index is 14.2. The van der Waals surface area contributed by atoms with E-state index in [4.69, 9.17) is 37.9 Å². The second kappa shape index (κ2) is 14.2. The van der Waals surface area contributed by atoms with Crippen LogP contribution in [0.2, 0.25) is 0 Å². The second-order valence-electron chi connectivity index (χ2n) is 14.8. The van der Waals surface area contributed by atoms with Gasteiger partial charge in [-0.25, -0.2) is 4.79 Å². The molecule has 4 bridgehead atoms. The van der Waals surface area contributed by atoms with Crippen molar-refractivity contribution in [3.8, 4) is 0 Å². The van der Waals surface area contributed by atoms with Crippen molar-refractivity contribution in [1.29, 1.82) is 0 Å². The molecule has 4 aliphatic rings. The third-order valence-electron chi connectivity index (χ3n) is 11.2. The summed E-state index contributed by atoms with van der Waals surface area (Å²) >= 11 is 0. The Bertz CT molecular complexity index is 1740. The van der Waals surface area contributed by atoms with Gasteiger partial charge in [0.1, 0.15) is 41.5 Å². The first-order chi connectivity index (χ1) is 25.1. The number of hydrogen-bond acceptors (Lipinski definition) is 18. The number of fused-ring (bicyclic) bond motifs is 5. The van der Waals surface area contributed by atoms with Gasteiger partial charge in [-0.05, 0) is 31.4 Å². The maximum Gasteiger partial charge on any atom is 0.340 e. The number of hydrogen-bond donors (Lipinski definition) is 2. The molecule has 1 saturated heterocycles. The summed E-state index contributed by atoms with van der Waals surface area (Å²) in [6, 6.07) is 1.51. The second-order valence-corrected chi connectivity index (χ2v) is 14.8. The number of aliphatic hydroxyl groups is 2. The average Bonchev–Trinajstić information content (AvgIpc) is 3.27. The number of carbonyl (C=O) groups excluding carboxylic acids is 7. The maximum atomic E-state index is 14.2. The van der Waals surface area contributed by atoms with E-state index in [0.29, 0.717) is 5.56 Å². The van der Waals surface area contributed by atoms with Crippen molar-refractivity contribution in [2.75, 3.05) is 13.2 Å². The van der Waals surface area contributed by atoms with Gasteiger partial charge < -0.3 is 48.1 Å². The molecule has 0 amide bonds. The van der Waals surface area contributed by atoms with Crippen molar-refractivity contribution < 1.29 is 81.7 Å². The summed E-state index contributed by atoms with van der Waals surface area (Å²) in [6.07, 6.45) is -9.27. The standard InChI is InChI=1S/C36H45NO17/c1-15-16(2)31(44)53-28-26(50-19(5)40)30(52-21(7)42)35(14-47-17(3)38)29(51-20(6)41)25(49-18(4)39)24-27(43)36(35,34(28,9)46)54-33(24,8)13-48-32(45)23-12-37-11-10-22(15)23/h10-12,15-16,24-30,43,46H,13-14H2,1-9H3/t15?,16?,24-,25-,26+,27-,28+,29-,30+,33+,34?,35-,36+/m1/s1. The van der Waals surface area contributed by atoms with Crippen LogP contribution in [0.15, 0.2) is 18.5 Å². The van der Waals surface area contributed by atoms with Crippen molar-refractivity contribution in [1.82, 2.24) is 4.98 Å². The van der Waals surface area contributed by atoms with Gasteiger partial charge in [-0.1, -0.05) is 13.8 Å². The molecule has 0 radical (unpaired) electrons. The van der Waals surface area contributed by atoms with E-state index in [0.717, 1.165) is 41.5 Å². The Hall–Kier alpha value is -4.68. The van der Waals surface area contributed by atoms with Gasteiger partial charge in [0.25, 0.3) is 0 Å². The minimum absolute atomic E-state index is 0.0246. The molecule has 3 heterocycles. The van der Waals surface area contributed by atoms with Crippen LogP contribution in [-0.2, 0) is 66.7 Å². The van der Waals surface area contributed by atoms with Crippen LogP contribution < -0.4 is 0 Å². The third-order valence-corrected chi connectivity index (χ3v) is 11.2. The monoisotopic (exact) mass is 763 g/mol. The Balaban J connectivity index is 1.95. The van der Waals surface area contributed by atoms with Crippen molar-refractivity contribution in [3.05, 3.63) is 29.6 Å². The summed E-state index contributed by atoms with van der Waals surface area (Å²) < 4.78 is 47.6. The molecule has 54 heavy (non-hydrogen) atoms. The van der Waals surface area contributed by atoms with Crippen LogP contribution in [0.25, 0.3) is 0 Å². The van der Waals surface area contributed by atoms with Gasteiger partial charge in [-0.15, -0.1) is 0 Å². The van der Waals surface area contributed by atoms with Crippen molar-refractivity contribution in [2.45, 2.75) is 122 Å². The minimum atomic E-state index is -2.77. The van der Waals surface area contributed by atoms with Crippen LogP contribution in [0.1, 0.15) is 84.2 Å². The van der Waals surface area contributed by atoms with E-state index in [-0.39, 0.29) is 5.56 Å². The predicted octanol–water partition coefficient (Wildman–Crippen LogP) is 0.463. The number of esters is 7. The molecule has 0 aromatic carbocycles. The fraction of sp³-hybridized carbons (Fsp3) is 0.667. The van der Waals surface area contributed by atoms with Crippen LogP contribution in [0.3, 0.4) is 0 Å². The number of aliphatic hydroxyl groups excluding tert-OH is 1. The molecule has 13 atom stereocenters. The molecule has 1 aromatic heterocycles. The van der Waals surface area contributed by atoms with E-state index in [1.807, 2.05) is 0 Å². The Morgan fingerprint density at radius 2 is 1.41 bits per heavy atom. The number of carbonyl (C=O) groups is 7. The Morgan fingerprint density at radius 1 is 0.852 bits per heavy atom. The Morgan fingerprint density at radius 3 is 1.96 bits per heavy atom. The number of ether oxygens (including phenoxy) is 8. The molecule has 3 fully saturated rings. The molecular weight excluding hydrogens is 718 g/mol. The van der Waals surface area contributed by atoms with Crippen LogP contribution >= 0.6 is 0 Å². The zero-order chi connectivity index (χ0) is 40.3. The largest absolute Gasteiger partial charge is 0.465 e. The lowest BCUT2D eigenvalue weighted by atomic mass is 9.45. The van der Waals surface area contributed by atoms with Gasteiger partial charge in [0, 0.05) is 47.0 Å². The molecule has 3 unspecified atom stereocenters. The summed E-state index contributed by atoms with van der Waals surface area (Å²) in [5, 5.41) is 25.9. The lowest BCUT2D eigenvalue weighted by Gasteiger charge is -2.67. The SMILES string of the molecule is CC(=O)OC[C@]12[C@H](OC(C)=O)[C@H](OC(C)=O)[C@@H]3[C@@H](O)[C@@]14O[C@@]3(C)COC(=O)c1cnccc1C(C)C(C)C(=O)O[C@@H]([C@H](OC(C)=O)[C@@H]2OC(C)=O)C4(C)O. The molecule has 18 heteroatoms. The minimum Gasteiger partial charge on any atom is -0.465 e. The molecule has 296 valence electrons. The molecule has 5 rings (SSSR count). The van der Waals surface area contributed by atoms with Gasteiger partial charge >= 0.3 is 41.8 Å². The van der Waals surface area contributed by atoms with E-state index in [2.05, 4.69) is 4.98 Å². The van der Waals surface area contributed by atoms with Crippen molar-refractivity contribution in [2.24, 2.45) is 17.3 Å². The first-order valence-corrected chi connectivity index (χ1v) is 17.3. The average molecular weight is 764 g/mol. The van der Waals surface area contributed by atoms with Crippen LogP contribution in [0.4, 0.5) is 0 Å². The fourth-order valence-corrected chi connectivity index (χ4v) is 9.01. The van der Waals surface area contributed by atoms with E-state index in [1.165, 1.54) is 32.3 Å². The van der Waals surface area contributed by atoms with E-state index < -0.39 is 132 Å². The Labute approximate surface area is 310 Å². The molecule has 18 nitrogen and oxygen atoms in total. The summed E-state index contributed by atoms with van der Waals surface area (Å²) in [4.78, 5) is 96.6. The van der Waals surface area contributed by atoms with Crippen molar-refractivity contribution >= 4 is 41.8 Å². The summed E-state index contributed by atoms with van der Waals surface area (Å²) in [6.45, 7) is 8.81. The third kappa shape index (κ3) is 6.17. The van der Waals surface area contributed by atoms with Gasteiger partial charge in [0.05, 0.1) is 23.5 Å².